The minimum absolute atomic E-state index is 0. The molecule has 0 amide bonds. The van der Waals surface area contributed by atoms with E-state index in [-0.39, 0.29) is 12.4 Å². The van der Waals surface area contributed by atoms with Gasteiger partial charge in [-0.25, -0.2) is 0 Å². The zero-order valence-electron chi connectivity index (χ0n) is 19.1. The van der Waals surface area contributed by atoms with Crippen LogP contribution in [-0.2, 0) is 12.8 Å². The molecule has 0 bridgehead atoms. The van der Waals surface area contributed by atoms with E-state index in [0.29, 0.717) is 6.61 Å². The molecule has 0 spiro atoms. The Balaban J connectivity index is 0.00000306. The fourth-order valence-electron chi connectivity index (χ4n) is 4.15. The van der Waals surface area contributed by atoms with Crippen LogP contribution >= 0.6 is 24.0 Å². The number of methoxy groups -OCH3 is 1. The highest BCUT2D eigenvalue weighted by Gasteiger charge is 2.17. The van der Waals surface area contributed by atoms with Crippen molar-refractivity contribution in [3.05, 3.63) is 88.9 Å². The van der Waals surface area contributed by atoms with Crippen molar-refractivity contribution in [2.24, 2.45) is 0 Å². The fourth-order valence-corrected chi connectivity index (χ4v) is 4.33. The largest absolute Gasteiger partial charge is 0.497 e. The van der Waals surface area contributed by atoms with Crippen LogP contribution in [0.25, 0.3) is 0 Å². The maximum atomic E-state index is 6.20. The molecule has 3 aromatic rings. The zero-order valence-corrected chi connectivity index (χ0v) is 20.7. The Bertz CT molecular complexity index is 1010. The highest BCUT2D eigenvalue weighted by Crippen LogP contribution is 2.23. The monoisotopic (exact) mass is 486 g/mol. The number of anilines is 1. The summed E-state index contributed by atoms with van der Waals surface area (Å²) in [6.45, 7) is 5.73. The molecule has 4 nitrogen and oxygen atoms in total. The molecule has 176 valence electrons. The quantitative estimate of drug-likeness (QED) is 0.384. The molecule has 0 aromatic heterocycles. The lowest BCUT2D eigenvalue weighted by atomic mass is 10.0. The van der Waals surface area contributed by atoms with Crippen molar-refractivity contribution in [3.8, 4) is 11.5 Å². The minimum Gasteiger partial charge on any atom is -0.497 e. The maximum absolute atomic E-state index is 6.20. The molecule has 0 unspecified atom stereocenters. The molecule has 0 N–H and O–H groups in total. The SMILES string of the molecule is COc1cccc(CCc2ccccc2OCCN2CCN(c3cccc(Cl)c3)CC2)c1.Cl. The average molecular weight is 487 g/mol. The number of benzene rings is 3. The summed E-state index contributed by atoms with van der Waals surface area (Å²) in [7, 11) is 1.71. The Morgan fingerprint density at radius 3 is 2.42 bits per heavy atom. The lowest BCUT2D eigenvalue weighted by Crippen LogP contribution is -2.47. The molecule has 3 aromatic carbocycles. The smallest absolute Gasteiger partial charge is 0.122 e. The van der Waals surface area contributed by atoms with Gasteiger partial charge in [0.05, 0.1) is 7.11 Å². The molecule has 0 radical (unpaired) electrons. The van der Waals surface area contributed by atoms with Crippen molar-refractivity contribution < 1.29 is 9.47 Å². The Morgan fingerprint density at radius 1 is 0.848 bits per heavy atom. The number of piperazine rings is 1. The average Bonchev–Trinajstić information content (AvgIpc) is 2.84. The molecule has 1 saturated heterocycles. The first-order valence-electron chi connectivity index (χ1n) is 11.3. The maximum Gasteiger partial charge on any atom is 0.122 e. The molecular formula is C27H32Cl2N2O2. The van der Waals surface area contributed by atoms with Gasteiger partial charge in [-0.2, -0.15) is 0 Å². The van der Waals surface area contributed by atoms with E-state index in [9.17, 15) is 0 Å². The predicted octanol–water partition coefficient (Wildman–Crippen LogP) is 5.76. The summed E-state index contributed by atoms with van der Waals surface area (Å²) < 4.78 is 11.5. The summed E-state index contributed by atoms with van der Waals surface area (Å²) in [6, 6.07) is 24.8. The lowest BCUT2D eigenvalue weighted by Gasteiger charge is -2.36. The van der Waals surface area contributed by atoms with Crippen molar-refractivity contribution in [2.45, 2.75) is 12.8 Å². The Labute approximate surface area is 208 Å². The number of hydrogen-bond donors (Lipinski definition) is 0. The summed E-state index contributed by atoms with van der Waals surface area (Å²) in [4.78, 5) is 4.87. The summed E-state index contributed by atoms with van der Waals surface area (Å²) >= 11 is 6.14. The zero-order chi connectivity index (χ0) is 22.2. The van der Waals surface area contributed by atoms with E-state index in [2.05, 4.69) is 46.2 Å². The predicted molar refractivity (Wildman–Crippen MR) is 140 cm³/mol. The van der Waals surface area contributed by atoms with Crippen LogP contribution in [0.1, 0.15) is 11.1 Å². The van der Waals surface area contributed by atoms with Crippen LogP contribution in [0.5, 0.6) is 11.5 Å². The fraction of sp³-hybridized carbons (Fsp3) is 0.333. The van der Waals surface area contributed by atoms with Gasteiger partial charge < -0.3 is 14.4 Å². The third kappa shape index (κ3) is 7.29. The lowest BCUT2D eigenvalue weighted by molar-refractivity contribution is 0.200. The van der Waals surface area contributed by atoms with Gasteiger partial charge in [-0.15, -0.1) is 12.4 Å². The second-order valence-corrected chi connectivity index (χ2v) is 8.55. The number of hydrogen-bond acceptors (Lipinski definition) is 4. The van der Waals surface area contributed by atoms with Crippen LogP contribution in [0.4, 0.5) is 5.69 Å². The Hall–Kier alpha value is -2.40. The number of aryl methyl sites for hydroxylation is 2. The van der Waals surface area contributed by atoms with Crippen LogP contribution in [-0.4, -0.2) is 51.3 Å². The first kappa shape index (κ1) is 25.2. The van der Waals surface area contributed by atoms with Crippen LogP contribution in [0, 0.1) is 0 Å². The topological polar surface area (TPSA) is 24.9 Å². The number of halogens is 2. The Kier molecular flexibility index (Phi) is 9.74. The van der Waals surface area contributed by atoms with Crippen LogP contribution in [0.15, 0.2) is 72.8 Å². The van der Waals surface area contributed by atoms with E-state index in [0.717, 1.165) is 62.1 Å². The van der Waals surface area contributed by atoms with E-state index in [1.807, 2.05) is 36.4 Å². The molecule has 0 atom stereocenters. The van der Waals surface area contributed by atoms with Gasteiger partial charge in [0, 0.05) is 43.4 Å². The van der Waals surface area contributed by atoms with Gasteiger partial charge in [0.2, 0.25) is 0 Å². The summed E-state index contributed by atoms with van der Waals surface area (Å²) in [5.41, 5.74) is 3.73. The molecule has 6 heteroatoms. The number of rotatable bonds is 9. The van der Waals surface area contributed by atoms with Gasteiger partial charge in [0.25, 0.3) is 0 Å². The van der Waals surface area contributed by atoms with Crippen molar-refractivity contribution in [1.29, 1.82) is 0 Å². The van der Waals surface area contributed by atoms with Crippen molar-refractivity contribution >= 4 is 29.7 Å². The highest BCUT2D eigenvalue weighted by molar-refractivity contribution is 6.30. The summed E-state index contributed by atoms with van der Waals surface area (Å²) in [5, 5.41) is 0.795. The highest BCUT2D eigenvalue weighted by atomic mass is 35.5. The van der Waals surface area contributed by atoms with Crippen molar-refractivity contribution in [1.82, 2.24) is 4.90 Å². The molecular weight excluding hydrogens is 455 g/mol. The molecule has 33 heavy (non-hydrogen) atoms. The van der Waals surface area contributed by atoms with Crippen molar-refractivity contribution in [3.63, 3.8) is 0 Å². The molecule has 1 fully saturated rings. The summed E-state index contributed by atoms with van der Waals surface area (Å²) in [5.74, 6) is 1.90. The minimum atomic E-state index is 0. The number of nitrogens with zero attached hydrogens (tertiary/aromatic N) is 2. The van der Waals surface area contributed by atoms with E-state index in [1.165, 1.54) is 16.8 Å². The number of ether oxygens (including phenoxy) is 2. The van der Waals surface area contributed by atoms with Crippen molar-refractivity contribution in [2.75, 3.05) is 51.3 Å². The molecule has 1 heterocycles. The molecule has 1 aliphatic rings. The normalized spacial score (nSPS) is 13.9. The van der Waals surface area contributed by atoms with Gasteiger partial charge in [0.1, 0.15) is 18.1 Å². The second kappa shape index (κ2) is 12.7. The van der Waals surface area contributed by atoms with Gasteiger partial charge in [-0.05, 0) is 60.4 Å². The Morgan fingerprint density at radius 2 is 1.64 bits per heavy atom. The van der Waals surface area contributed by atoms with E-state index >= 15 is 0 Å². The van der Waals surface area contributed by atoms with E-state index in [4.69, 9.17) is 21.1 Å². The molecule has 1 aliphatic heterocycles. The first-order valence-corrected chi connectivity index (χ1v) is 11.7. The third-order valence-electron chi connectivity index (χ3n) is 6.00. The number of para-hydroxylation sites is 1. The van der Waals surface area contributed by atoms with Crippen LogP contribution < -0.4 is 14.4 Å². The van der Waals surface area contributed by atoms with Crippen LogP contribution in [0.3, 0.4) is 0 Å². The molecule has 0 aliphatic carbocycles. The molecule has 4 rings (SSSR count). The van der Waals surface area contributed by atoms with Gasteiger partial charge >= 0.3 is 0 Å². The van der Waals surface area contributed by atoms with E-state index in [1.54, 1.807) is 7.11 Å². The van der Waals surface area contributed by atoms with Gasteiger partial charge in [-0.1, -0.05) is 48.0 Å². The third-order valence-corrected chi connectivity index (χ3v) is 6.24. The second-order valence-electron chi connectivity index (χ2n) is 8.12. The van der Waals surface area contributed by atoms with Gasteiger partial charge in [0.15, 0.2) is 0 Å². The standard InChI is InChI=1S/C27H31ClN2O2.ClH/c1-31-26-10-4-6-22(20-26)12-13-23-7-2-3-11-27(23)32-19-18-29-14-16-30(17-15-29)25-9-5-8-24(28)21-25;/h2-11,20-21H,12-19H2,1H3;1H. The first-order chi connectivity index (χ1) is 15.7. The van der Waals surface area contributed by atoms with Gasteiger partial charge in [-0.3, -0.25) is 4.90 Å². The van der Waals surface area contributed by atoms with Crippen LogP contribution in [0.2, 0.25) is 5.02 Å². The van der Waals surface area contributed by atoms with E-state index < -0.39 is 0 Å². The molecule has 0 saturated carbocycles. The summed E-state index contributed by atoms with van der Waals surface area (Å²) in [6.07, 6.45) is 1.91.